The molecule has 2 aliphatic rings. The number of carbonyl (C=O) groups excluding carboxylic acids is 1. The average molecular weight is 377 g/mol. The van der Waals surface area contributed by atoms with Crippen molar-refractivity contribution < 1.29 is 9.53 Å². The number of ether oxygens (including phenoxy) is 1. The van der Waals surface area contributed by atoms with Gasteiger partial charge in [-0.2, -0.15) is 4.99 Å². The van der Waals surface area contributed by atoms with Crippen molar-refractivity contribution in [3.05, 3.63) is 65.2 Å². The second kappa shape index (κ2) is 9.02. The molecule has 1 saturated heterocycles. The topological polar surface area (TPSA) is 53.9 Å². The SMILES string of the molecule is O=C1N=C(NCCCOc2cccc(CN3CCCCC3)c2)c2ccccc21. The van der Waals surface area contributed by atoms with Gasteiger partial charge in [0.15, 0.2) is 0 Å². The zero-order chi connectivity index (χ0) is 19.2. The van der Waals surface area contributed by atoms with Gasteiger partial charge in [-0.25, -0.2) is 0 Å². The van der Waals surface area contributed by atoms with Crippen molar-refractivity contribution in [3.63, 3.8) is 0 Å². The lowest BCUT2D eigenvalue weighted by Gasteiger charge is -2.26. The number of fused-ring (bicyclic) bond motifs is 1. The van der Waals surface area contributed by atoms with Crippen LogP contribution in [-0.4, -0.2) is 42.9 Å². The number of piperidine rings is 1. The minimum absolute atomic E-state index is 0.167. The van der Waals surface area contributed by atoms with Crippen LogP contribution in [0.5, 0.6) is 5.75 Å². The van der Waals surface area contributed by atoms with E-state index in [-0.39, 0.29) is 5.91 Å². The molecule has 0 radical (unpaired) electrons. The fourth-order valence-electron chi connectivity index (χ4n) is 3.81. The van der Waals surface area contributed by atoms with Crippen molar-refractivity contribution in [2.45, 2.75) is 32.2 Å². The number of nitrogens with one attached hydrogen (secondary N) is 1. The number of likely N-dealkylation sites (tertiary alicyclic amines) is 1. The zero-order valence-electron chi connectivity index (χ0n) is 16.2. The van der Waals surface area contributed by atoms with Crippen LogP contribution in [0.15, 0.2) is 53.5 Å². The van der Waals surface area contributed by atoms with Crippen LogP contribution in [0.2, 0.25) is 0 Å². The predicted molar refractivity (Wildman–Crippen MR) is 111 cm³/mol. The molecule has 1 fully saturated rings. The number of nitrogens with zero attached hydrogens (tertiary/aromatic N) is 2. The highest BCUT2D eigenvalue weighted by atomic mass is 16.5. The fraction of sp³-hybridized carbons (Fsp3) is 0.391. The lowest BCUT2D eigenvalue weighted by atomic mass is 10.1. The highest BCUT2D eigenvalue weighted by Crippen LogP contribution is 2.18. The van der Waals surface area contributed by atoms with Crippen molar-refractivity contribution >= 4 is 11.7 Å². The number of aliphatic imine (C=N–C) groups is 1. The third-order valence-electron chi connectivity index (χ3n) is 5.26. The van der Waals surface area contributed by atoms with Crippen LogP contribution in [-0.2, 0) is 6.54 Å². The Morgan fingerprint density at radius 3 is 2.68 bits per heavy atom. The second-order valence-corrected chi connectivity index (χ2v) is 7.42. The summed E-state index contributed by atoms with van der Waals surface area (Å²) in [5, 5.41) is 3.26. The number of benzene rings is 2. The van der Waals surface area contributed by atoms with E-state index < -0.39 is 0 Å². The Balaban J connectivity index is 1.21. The lowest BCUT2D eigenvalue weighted by molar-refractivity contribution is 0.101. The molecular formula is C23H27N3O2. The van der Waals surface area contributed by atoms with Crippen molar-refractivity contribution in [2.75, 3.05) is 26.2 Å². The number of amidine groups is 1. The van der Waals surface area contributed by atoms with Crippen LogP contribution >= 0.6 is 0 Å². The molecule has 0 atom stereocenters. The van der Waals surface area contributed by atoms with Gasteiger partial charge in [-0.05, 0) is 56.1 Å². The standard InChI is InChI=1S/C23H27N3O2/c27-23-21-11-3-2-10-20(21)22(25-23)24-12-7-15-28-19-9-6-8-18(16-19)17-26-13-4-1-5-14-26/h2-3,6,8-11,16H,1,4-5,7,12-15,17H2,(H,24,25,27). The van der Waals surface area contributed by atoms with Crippen molar-refractivity contribution in [1.29, 1.82) is 0 Å². The smallest absolute Gasteiger partial charge is 0.279 e. The van der Waals surface area contributed by atoms with Gasteiger partial charge in [0.25, 0.3) is 5.91 Å². The largest absolute Gasteiger partial charge is 0.494 e. The van der Waals surface area contributed by atoms with Gasteiger partial charge in [0.1, 0.15) is 11.6 Å². The molecule has 0 bridgehead atoms. The molecule has 0 unspecified atom stereocenters. The van der Waals surface area contributed by atoms with Gasteiger partial charge in [0, 0.05) is 18.7 Å². The van der Waals surface area contributed by atoms with E-state index in [0.29, 0.717) is 24.6 Å². The van der Waals surface area contributed by atoms with E-state index >= 15 is 0 Å². The maximum Gasteiger partial charge on any atom is 0.279 e. The summed E-state index contributed by atoms with van der Waals surface area (Å²) in [6, 6.07) is 15.9. The number of hydrogen-bond acceptors (Lipinski definition) is 4. The lowest BCUT2D eigenvalue weighted by Crippen LogP contribution is -2.29. The first kappa shape index (κ1) is 18.7. The highest BCUT2D eigenvalue weighted by molar-refractivity contribution is 6.20. The predicted octanol–water partition coefficient (Wildman–Crippen LogP) is 3.63. The Bertz CT molecular complexity index is 856. The minimum atomic E-state index is -0.167. The summed E-state index contributed by atoms with van der Waals surface area (Å²) < 4.78 is 5.93. The van der Waals surface area contributed by atoms with Gasteiger partial charge < -0.3 is 10.1 Å². The molecule has 2 aromatic rings. The Hall–Kier alpha value is -2.66. The number of hydrogen-bond donors (Lipinski definition) is 1. The van der Waals surface area contributed by atoms with Gasteiger partial charge in [-0.3, -0.25) is 9.69 Å². The Kier molecular flexibility index (Phi) is 6.02. The van der Waals surface area contributed by atoms with Gasteiger partial charge in [-0.15, -0.1) is 0 Å². The van der Waals surface area contributed by atoms with Crippen molar-refractivity contribution in [3.8, 4) is 5.75 Å². The molecule has 0 aromatic heterocycles. The Morgan fingerprint density at radius 2 is 1.82 bits per heavy atom. The normalized spacial score (nSPS) is 16.6. The average Bonchev–Trinajstić information content (AvgIpc) is 3.05. The summed E-state index contributed by atoms with van der Waals surface area (Å²) in [5.74, 6) is 1.43. The van der Waals surface area contributed by atoms with Crippen LogP contribution in [0.25, 0.3) is 0 Å². The van der Waals surface area contributed by atoms with E-state index in [0.717, 1.165) is 24.3 Å². The quantitative estimate of drug-likeness (QED) is 0.749. The summed E-state index contributed by atoms with van der Waals surface area (Å²) in [5.41, 5.74) is 2.87. The van der Waals surface area contributed by atoms with Crippen molar-refractivity contribution in [1.82, 2.24) is 10.2 Å². The molecule has 146 valence electrons. The number of amides is 1. The monoisotopic (exact) mass is 377 g/mol. The first-order chi connectivity index (χ1) is 13.8. The van der Waals surface area contributed by atoms with Crippen LogP contribution < -0.4 is 10.1 Å². The molecule has 0 aliphatic carbocycles. The number of rotatable bonds is 7. The minimum Gasteiger partial charge on any atom is -0.494 e. The molecule has 5 nitrogen and oxygen atoms in total. The van der Waals surface area contributed by atoms with Gasteiger partial charge >= 0.3 is 0 Å². The van der Waals surface area contributed by atoms with E-state index in [4.69, 9.17) is 4.74 Å². The van der Waals surface area contributed by atoms with Crippen molar-refractivity contribution in [2.24, 2.45) is 4.99 Å². The van der Waals surface area contributed by atoms with Crippen LogP contribution in [0.1, 0.15) is 47.2 Å². The fourth-order valence-corrected chi connectivity index (χ4v) is 3.81. The molecular weight excluding hydrogens is 350 g/mol. The Labute approximate surface area is 166 Å². The van der Waals surface area contributed by atoms with Crippen LogP contribution in [0, 0.1) is 0 Å². The summed E-state index contributed by atoms with van der Waals surface area (Å²) in [4.78, 5) is 18.5. The molecule has 0 saturated carbocycles. The maximum atomic E-state index is 11.9. The van der Waals surface area contributed by atoms with E-state index in [1.807, 2.05) is 30.3 Å². The molecule has 28 heavy (non-hydrogen) atoms. The third-order valence-corrected chi connectivity index (χ3v) is 5.26. The molecule has 5 heteroatoms. The van der Waals surface area contributed by atoms with E-state index in [9.17, 15) is 4.79 Å². The van der Waals surface area contributed by atoms with E-state index in [1.165, 1.54) is 37.9 Å². The maximum absolute atomic E-state index is 11.9. The summed E-state index contributed by atoms with van der Waals surface area (Å²) >= 11 is 0. The van der Waals surface area contributed by atoms with Crippen LogP contribution in [0.4, 0.5) is 0 Å². The summed E-state index contributed by atoms with van der Waals surface area (Å²) in [6.07, 6.45) is 4.82. The first-order valence-corrected chi connectivity index (χ1v) is 10.2. The molecule has 1 N–H and O–H groups in total. The van der Waals surface area contributed by atoms with Crippen LogP contribution in [0.3, 0.4) is 0 Å². The third kappa shape index (κ3) is 4.60. The highest BCUT2D eigenvalue weighted by Gasteiger charge is 2.21. The molecule has 0 spiro atoms. The van der Waals surface area contributed by atoms with Gasteiger partial charge in [-0.1, -0.05) is 36.8 Å². The molecule has 2 aromatic carbocycles. The molecule has 2 aliphatic heterocycles. The van der Waals surface area contributed by atoms with Gasteiger partial charge in [0.05, 0.1) is 12.2 Å². The van der Waals surface area contributed by atoms with Gasteiger partial charge in [0.2, 0.25) is 0 Å². The Morgan fingerprint density at radius 1 is 1.00 bits per heavy atom. The summed E-state index contributed by atoms with van der Waals surface area (Å²) in [7, 11) is 0. The first-order valence-electron chi connectivity index (χ1n) is 10.2. The molecule has 2 heterocycles. The number of carbonyl (C=O) groups is 1. The van der Waals surface area contributed by atoms with E-state index in [1.54, 1.807) is 0 Å². The second-order valence-electron chi connectivity index (χ2n) is 7.42. The molecule has 4 rings (SSSR count). The summed E-state index contributed by atoms with van der Waals surface area (Å²) in [6.45, 7) is 4.75. The zero-order valence-corrected chi connectivity index (χ0v) is 16.2. The molecule has 1 amide bonds. The van der Waals surface area contributed by atoms with E-state index in [2.05, 4.69) is 33.4 Å².